The number of nitrogens with zero attached hydrogens (tertiary/aromatic N) is 2. The van der Waals surface area contributed by atoms with Gasteiger partial charge in [0.15, 0.2) is 5.96 Å². The summed E-state index contributed by atoms with van der Waals surface area (Å²) in [5.74, 6) is 0.330. The summed E-state index contributed by atoms with van der Waals surface area (Å²) in [6.07, 6.45) is 0. The summed E-state index contributed by atoms with van der Waals surface area (Å²) in [4.78, 5) is 7.37. The Balaban J connectivity index is 0.00000288. The first kappa shape index (κ1) is 21.1. The minimum Gasteiger partial charge on any atom is -0.392 e. The van der Waals surface area contributed by atoms with Crippen LogP contribution in [-0.2, 0) is 19.7 Å². The van der Waals surface area contributed by atoms with Crippen molar-refractivity contribution in [3.05, 3.63) is 56.5 Å². The number of hydrogen-bond acceptors (Lipinski definition) is 3. The molecule has 0 spiro atoms. The fourth-order valence-electron chi connectivity index (χ4n) is 2.17. The van der Waals surface area contributed by atoms with Gasteiger partial charge in [-0.2, -0.15) is 0 Å². The molecular formula is C16H20ClFIN3OS. The SMILES string of the molecule is CN=C(NCc1ccc(F)c(CO)c1)N(C)Cc1ccc(Cl)s1.I. The quantitative estimate of drug-likeness (QED) is 0.386. The average molecular weight is 484 g/mol. The zero-order valence-corrected chi connectivity index (χ0v) is 17.3. The molecular weight excluding hydrogens is 464 g/mol. The second kappa shape index (κ2) is 10.2. The molecule has 0 saturated carbocycles. The summed E-state index contributed by atoms with van der Waals surface area (Å²) >= 11 is 7.48. The Hall–Kier alpha value is -0.900. The molecule has 4 nitrogen and oxygen atoms in total. The summed E-state index contributed by atoms with van der Waals surface area (Å²) in [6.45, 7) is 0.880. The lowest BCUT2D eigenvalue weighted by Crippen LogP contribution is -2.37. The van der Waals surface area contributed by atoms with E-state index in [1.807, 2.05) is 24.1 Å². The summed E-state index contributed by atoms with van der Waals surface area (Å²) in [5, 5.41) is 12.3. The lowest BCUT2D eigenvalue weighted by molar-refractivity contribution is 0.275. The van der Waals surface area contributed by atoms with Crippen molar-refractivity contribution in [3.63, 3.8) is 0 Å². The van der Waals surface area contributed by atoms with Crippen molar-refractivity contribution >= 4 is 52.9 Å². The lowest BCUT2D eigenvalue weighted by atomic mass is 10.1. The van der Waals surface area contributed by atoms with E-state index in [4.69, 9.17) is 16.7 Å². The Morgan fingerprint density at radius 1 is 1.38 bits per heavy atom. The number of guanidine groups is 1. The van der Waals surface area contributed by atoms with Gasteiger partial charge in [0.05, 0.1) is 17.5 Å². The molecule has 24 heavy (non-hydrogen) atoms. The number of benzene rings is 1. The van der Waals surface area contributed by atoms with E-state index in [1.165, 1.54) is 17.4 Å². The third-order valence-corrected chi connectivity index (χ3v) is 4.54. The van der Waals surface area contributed by atoms with Crippen LogP contribution in [0, 0.1) is 5.82 Å². The van der Waals surface area contributed by atoms with E-state index in [2.05, 4.69) is 10.3 Å². The van der Waals surface area contributed by atoms with Crippen LogP contribution in [0.4, 0.5) is 4.39 Å². The van der Waals surface area contributed by atoms with Gasteiger partial charge in [-0.15, -0.1) is 35.3 Å². The molecule has 0 aliphatic heterocycles. The molecule has 1 aromatic heterocycles. The molecule has 0 bridgehead atoms. The van der Waals surface area contributed by atoms with Gasteiger partial charge in [0.2, 0.25) is 0 Å². The molecule has 0 unspecified atom stereocenters. The van der Waals surface area contributed by atoms with Crippen LogP contribution in [0.2, 0.25) is 4.34 Å². The van der Waals surface area contributed by atoms with Crippen LogP contribution in [0.25, 0.3) is 0 Å². The largest absolute Gasteiger partial charge is 0.392 e. The molecule has 1 aromatic carbocycles. The first-order valence-electron chi connectivity index (χ1n) is 7.07. The molecule has 1 heterocycles. The van der Waals surface area contributed by atoms with Gasteiger partial charge in [-0.05, 0) is 29.8 Å². The number of thiophene rings is 1. The molecule has 0 atom stereocenters. The number of nitrogens with one attached hydrogen (secondary N) is 1. The predicted molar refractivity (Wildman–Crippen MR) is 109 cm³/mol. The molecule has 0 radical (unpaired) electrons. The van der Waals surface area contributed by atoms with Gasteiger partial charge < -0.3 is 15.3 Å². The standard InChI is InChI=1S/C16H19ClFN3OS.HI/c1-19-16(21(2)9-13-4-6-15(17)23-13)20-8-11-3-5-14(18)12(7-11)10-22;/h3-7,22H,8-10H2,1-2H3,(H,19,20);1H. The topological polar surface area (TPSA) is 47.9 Å². The number of aliphatic hydroxyl groups is 1. The number of rotatable bonds is 5. The molecule has 0 saturated heterocycles. The molecule has 2 N–H and O–H groups in total. The monoisotopic (exact) mass is 483 g/mol. The Morgan fingerprint density at radius 2 is 2.12 bits per heavy atom. The molecule has 132 valence electrons. The third kappa shape index (κ3) is 5.87. The van der Waals surface area contributed by atoms with Crippen LogP contribution in [0.3, 0.4) is 0 Å². The van der Waals surface area contributed by atoms with E-state index in [0.717, 1.165) is 20.7 Å². The maximum atomic E-state index is 13.4. The minimum absolute atomic E-state index is 0. The van der Waals surface area contributed by atoms with Gasteiger partial charge in [0.25, 0.3) is 0 Å². The normalized spacial score (nSPS) is 11.1. The van der Waals surface area contributed by atoms with E-state index in [1.54, 1.807) is 19.2 Å². The zero-order valence-electron chi connectivity index (χ0n) is 13.4. The van der Waals surface area contributed by atoms with Crippen molar-refractivity contribution in [2.75, 3.05) is 14.1 Å². The molecule has 2 rings (SSSR count). The Kier molecular flexibility index (Phi) is 8.96. The van der Waals surface area contributed by atoms with Crippen LogP contribution < -0.4 is 5.32 Å². The number of aliphatic hydroxyl groups excluding tert-OH is 1. The van der Waals surface area contributed by atoms with Crippen molar-refractivity contribution in [2.24, 2.45) is 4.99 Å². The maximum absolute atomic E-state index is 13.4. The highest BCUT2D eigenvalue weighted by Crippen LogP contribution is 2.22. The number of hydrogen-bond donors (Lipinski definition) is 2. The van der Waals surface area contributed by atoms with Gasteiger partial charge in [0.1, 0.15) is 5.82 Å². The molecule has 0 fully saturated rings. The van der Waals surface area contributed by atoms with E-state index in [0.29, 0.717) is 18.7 Å². The highest BCUT2D eigenvalue weighted by molar-refractivity contribution is 14.0. The second-order valence-corrected chi connectivity index (χ2v) is 6.85. The maximum Gasteiger partial charge on any atom is 0.193 e. The van der Waals surface area contributed by atoms with E-state index in [9.17, 15) is 4.39 Å². The summed E-state index contributed by atoms with van der Waals surface area (Å²) in [6, 6.07) is 8.57. The summed E-state index contributed by atoms with van der Waals surface area (Å²) in [7, 11) is 3.65. The fraction of sp³-hybridized carbons (Fsp3) is 0.312. The Bertz CT molecular complexity index is 696. The van der Waals surface area contributed by atoms with Crippen molar-refractivity contribution in [2.45, 2.75) is 19.7 Å². The van der Waals surface area contributed by atoms with E-state index in [-0.39, 0.29) is 30.6 Å². The van der Waals surface area contributed by atoms with Crippen LogP contribution in [0.15, 0.2) is 35.3 Å². The molecule has 2 aromatic rings. The van der Waals surface area contributed by atoms with Crippen molar-refractivity contribution in [1.29, 1.82) is 0 Å². The molecule has 0 aliphatic rings. The average Bonchev–Trinajstić information content (AvgIpc) is 2.94. The van der Waals surface area contributed by atoms with Crippen LogP contribution in [0.1, 0.15) is 16.0 Å². The molecule has 0 aliphatic carbocycles. The van der Waals surface area contributed by atoms with Crippen LogP contribution in [-0.4, -0.2) is 30.1 Å². The molecule has 8 heteroatoms. The summed E-state index contributed by atoms with van der Waals surface area (Å²) in [5.41, 5.74) is 1.17. The van der Waals surface area contributed by atoms with Gasteiger partial charge in [-0.25, -0.2) is 4.39 Å². The second-order valence-electron chi connectivity index (χ2n) is 5.05. The fourth-order valence-corrected chi connectivity index (χ4v) is 3.31. The van der Waals surface area contributed by atoms with E-state index < -0.39 is 5.82 Å². The Morgan fingerprint density at radius 3 is 2.71 bits per heavy atom. The highest BCUT2D eigenvalue weighted by Gasteiger charge is 2.09. The van der Waals surface area contributed by atoms with Gasteiger partial charge in [0, 0.05) is 31.1 Å². The first-order chi connectivity index (χ1) is 11.0. The van der Waals surface area contributed by atoms with Gasteiger partial charge in [-0.3, -0.25) is 4.99 Å². The molecule has 0 amide bonds. The smallest absolute Gasteiger partial charge is 0.193 e. The van der Waals surface area contributed by atoms with Gasteiger partial charge in [-0.1, -0.05) is 17.7 Å². The van der Waals surface area contributed by atoms with E-state index >= 15 is 0 Å². The van der Waals surface area contributed by atoms with Gasteiger partial charge >= 0.3 is 0 Å². The first-order valence-corrected chi connectivity index (χ1v) is 8.27. The summed E-state index contributed by atoms with van der Waals surface area (Å²) < 4.78 is 14.1. The number of halogens is 3. The zero-order chi connectivity index (χ0) is 16.8. The lowest BCUT2D eigenvalue weighted by Gasteiger charge is -2.21. The van der Waals surface area contributed by atoms with Crippen molar-refractivity contribution in [3.8, 4) is 0 Å². The minimum atomic E-state index is -0.396. The van der Waals surface area contributed by atoms with Crippen molar-refractivity contribution in [1.82, 2.24) is 10.2 Å². The Labute approximate surface area is 167 Å². The van der Waals surface area contributed by atoms with Crippen LogP contribution >= 0.6 is 46.9 Å². The highest BCUT2D eigenvalue weighted by atomic mass is 127. The third-order valence-electron chi connectivity index (χ3n) is 3.33. The number of aliphatic imine (C=N–C) groups is 1. The predicted octanol–water partition coefficient (Wildman–Crippen LogP) is 3.86. The van der Waals surface area contributed by atoms with Crippen LogP contribution in [0.5, 0.6) is 0 Å². The van der Waals surface area contributed by atoms with Crippen molar-refractivity contribution < 1.29 is 9.50 Å².